The molecule has 198 valence electrons. The van der Waals surface area contributed by atoms with Gasteiger partial charge in [0.1, 0.15) is 5.82 Å². The molecular weight excluding hydrogens is 462 g/mol. The molecule has 3 heterocycles. The third-order valence-corrected chi connectivity index (χ3v) is 7.04. The number of nitrogens with two attached hydrogens (primary N) is 1. The van der Waals surface area contributed by atoms with E-state index in [0.717, 1.165) is 73.4 Å². The van der Waals surface area contributed by atoms with Crippen LogP contribution < -0.4 is 11.1 Å². The minimum Gasteiger partial charge on any atom is -0.383 e. The highest BCUT2D eigenvalue weighted by atomic mass is 16.5. The summed E-state index contributed by atoms with van der Waals surface area (Å²) in [6.45, 7) is 13.7. The van der Waals surface area contributed by atoms with Gasteiger partial charge < -0.3 is 15.8 Å². The zero-order chi connectivity index (χ0) is 26.4. The Balaban J connectivity index is 1.50. The number of carbonyl (C=O) groups is 1. The molecule has 0 spiro atoms. The molecule has 1 amide bonds. The number of rotatable bonds is 9. The summed E-state index contributed by atoms with van der Waals surface area (Å²) in [4.78, 5) is 24.5. The summed E-state index contributed by atoms with van der Waals surface area (Å²) in [7, 11) is 0. The summed E-state index contributed by atoms with van der Waals surface area (Å²) in [6.07, 6.45) is 4.28. The largest absolute Gasteiger partial charge is 0.383 e. The molecule has 4 rings (SSSR count). The number of pyridine rings is 2. The van der Waals surface area contributed by atoms with E-state index >= 15 is 0 Å². The zero-order valence-electron chi connectivity index (χ0n) is 22.7. The van der Waals surface area contributed by atoms with Crippen molar-refractivity contribution in [1.29, 1.82) is 0 Å². The number of aromatic nitrogens is 2. The number of nitrogen functional groups attached to an aromatic ring is 1. The molecule has 1 aliphatic rings. The summed E-state index contributed by atoms with van der Waals surface area (Å²) in [5.74, 6) is 0.349. The lowest BCUT2D eigenvalue weighted by Crippen LogP contribution is -2.37. The second kappa shape index (κ2) is 12.0. The van der Waals surface area contributed by atoms with E-state index in [4.69, 9.17) is 15.5 Å². The Labute approximate surface area is 220 Å². The SMILES string of the molecule is CC(Cc1cc2cc(-c3ncccc3CCN3CCOCC3)ccc2nc1N)C(=O)NCCC(C)(C)C. The minimum atomic E-state index is -0.188. The Kier molecular flexibility index (Phi) is 8.77. The van der Waals surface area contributed by atoms with Crippen LogP contribution in [0.25, 0.3) is 22.2 Å². The van der Waals surface area contributed by atoms with Crippen LogP contribution in [0.15, 0.2) is 42.6 Å². The summed E-state index contributed by atoms with van der Waals surface area (Å²) in [5, 5.41) is 4.08. The Morgan fingerprint density at radius 3 is 2.70 bits per heavy atom. The number of amides is 1. The lowest BCUT2D eigenvalue weighted by molar-refractivity contribution is -0.124. The van der Waals surface area contributed by atoms with E-state index in [1.165, 1.54) is 5.56 Å². The van der Waals surface area contributed by atoms with Crippen molar-refractivity contribution in [3.05, 3.63) is 53.7 Å². The fourth-order valence-corrected chi connectivity index (χ4v) is 4.71. The van der Waals surface area contributed by atoms with Gasteiger partial charge in [-0.25, -0.2) is 4.98 Å². The highest BCUT2D eigenvalue weighted by Crippen LogP contribution is 2.28. The van der Waals surface area contributed by atoms with E-state index in [0.29, 0.717) is 18.8 Å². The van der Waals surface area contributed by atoms with Gasteiger partial charge in [-0.1, -0.05) is 39.8 Å². The fourth-order valence-electron chi connectivity index (χ4n) is 4.71. The maximum absolute atomic E-state index is 12.7. The minimum absolute atomic E-state index is 0.0518. The van der Waals surface area contributed by atoms with E-state index in [1.54, 1.807) is 0 Å². The van der Waals surface area contributed by atoms with Gasteiger partial charge in [0.15, 0.2) is 0 Å². The molecule has 0 aliphatic carbocycles. The van der Waals surface area contributed by atoms with Crippen molar-refractivity contribution in [3.8, 4) is 11.3 Å². The van der Waals surface area contributed by atoms with Crippen LogP contribution in [-0.2, 0) is 22.4 Å². The smallest absolute Gasteiger partial charge is 0.223 e. The maximum Gasteiger partial charge on any atom is 0.223 e. The van der Waals surface area contributed by atoms with E-state index in [-0.39, 0.29) is 17.2 Å². The molecule has 7 nitrogen and oxygen atoms in total. The highest BCUT2D eigenvalue weighted by Gasteiger charge is 2.18. The van der Waals surface area contributed by atoms with Crippen molar-refractivity contribution in [2.45, 2.75) is 47.0 Å². The normalized spacial score (nSPS) is 15.6. The number of hydrogen-bond donors (Lipinski definition) is 2. The van der Waals surface area contributed by atoms with Gasteiger partial charge in [-0.15, -0.1) is 0 Å². The zero-order valence-corrected chi connectivity index (χ0v) is 22.7. The van der Waals surface area contributed by atoms with Crippen molar-refractivity contribution in [1.82, 2.24) is 20.2 Å². The molecule has 0 bridgehead atoms. The molecule has 3 N–H and O–H groups in total. The first-order valence-electron chi connectivity index (χ1n) is 13.4. The third kappa shape index (κ3) is 7.49. The molecule has 3 aromatic rings. The van der Waals surface area contributed by atoms with Crippen molar-refractivity contribution in [2.75, 3.05) is 45.1 Å². The van der Waals surface area contributed by atoms with Crippen LogP contribution in [0.2, 0.25) is 0 Å². The molecular formula is C30H41N5O2. The number of hydrogen-bond acceptors (Lipinski definition) is 6. The van der Waals surface area contributed by atoms with Crippen molar-refractivity contribution in [2.24, 2.45) is 11.3 Å². The Morgan fingerprint density at radius 2 is 1.95 bits per heavy atom. The predicted molar refractivity (Wildman–Crippen MR) is 150 cm³/mol. The summed E-state index contributed by atoms with van der Waals surface area (Å²) >= 11 is 0. The average Bonchev–Trinajstić information content (AvgIpc) is 2.87. The van der Waals surface area contributed by atoms with Gasteiger partial charge in [-0.3, -0.25) is 14.7 Å². The van der Waals surface area contributed by atoms with Crippen LogP contribution >= 0.6 is 0 Å². The molecule has 7 heteroatoms. The van der Waals surface area contributed by atoms with Crippen molar-refractivity contribution < 1.29 is 9.53 Å². The second-order valence-electron chi connectivity index (χ2n) is 11.4. The van der Waals surface area contributed by atoms with Crippen LogP contribution in [0.1, 0.15) is 45.2 Å². The number of nitrogens with zero attached hydrogens (tertiary/aromatic N) is 3. The molecule has 1 fully saturated rings. The standard InChI is InChI=1S/C30H41N5O2/c1-21(29(36)33-12-10-30(2,3)4)18-25-20-24-19-23(7-8-26(24)34-28(25)31)27-22(6-5-11-32-27)9-13-35-14-16-37-17-15-35/h5-8,11,19-21H,9-10,12-18H2,1-4H3,(H2,31,34)(H,33,36). The number of anilines is 1. The van der Waals surface area contributed by atoms with Gasteiger partial charge in [-0.2, -0.15) is 0 Å². The summed E-state index contributed by atoms with van der Waals surface area (Å²) < 4.78 is 5.48. The Bertz CT molecular complexity index is 1210. The molecule has 1 aromatic carbocycles. The number of carbonyl (C=O) groups excluding carboxylic acids is 1. The van der Waals surface area contributed by atoms with Gasteiger partial charge in [0, 0.05) is 49.2 Å². The van der Waals surface area contributed by atoms with Crippen LogP contribution in [-0.4, -0.2) is 60.2 Å². The first kappa shape index (κ1) is 27.0. The molecule has 1 unspecified atom stereocenters. The number of nitrogens with one attached hydrogen (secondary N) is 1. The van der Waals surface area contributed by atoms with Crippen molar-refractivity contribution >= 4 is 22.6 Å². The highest BCUT2D eigenvalue weighted by molar-refractivity contribution is 5.86. The van der Waals surface area contributed by atoms with E-state index in [2.05, 4.69) is 60.2 Å². The first-order valence-corrected chi connectivity index (χ1v) is 13.4. The number of fused-ring (bicyclic) bond motifs is 1. The molecule has 0 radical (unpaired) electrons. The first-order chi connectivity index (χ1) is 17.7. The van der Waals surface area contributed by atoms with Crippen LogP contribution in [0.5, 0.6) is 0 Å². The van der Waals surface area contributed by atoms with Crippen LogP contribution in [0.4, 0.5) is 5.82 Å². The van der Waals surface area contributed by atoms with Gasteiger partial charge in [0.05, 0.1) is 24.4 Å². The van der Waals surface area contributed by atoms with E-state index < -0.39 is 0 Å². The topological polar surface area (TPSA) is 93.4 Å². The molecule has 1 aliphatic heterocycles. The molecule has 1 saturated heterocycles. The molecule has 1 atom stereocenters. The molecule has 0 saturated carbocycles. The van der Waals surface area contributed by atoms with Gasteiger partial charge in [0.25, 0.3) is 0 Å². The molecule has 37 heavy (non-hydrogen) atoms. The summed E-state index contributed by atoms with van der Waals surface area (Å²) in [6, 6.07) is 12.5. The van der Waals surface area contributed by atoms with Crippen molar-refractivity contribution in [3.63, 3.8) is 0 Å². The monoisotopic (exact) mass is 503 g/mol. The lowest BCUT2D eigenvalue weighted by Gasteiger charge is -2.26. The lowest BCUT2D eigenvalue weighted by atomic mass is 9.92. The van der Waals surface area contributed by atoms with E-state index in [1.807, 2.05) is 25.3 Å². The number of morpholine rings is 1. The maximum atomic E-state index is 12.7. The van der Waals surface area contributed by atoms with Gasteiger partial charge in [0.2, 0.25) is 5.91 Å². The Hall–Kier alpha value is -3.03. The number of ether oxygens (including phenoxy) is 1. The van der Waals surface area contributed by atoms with E-state index in [9.17, 15) is 4.79 Å². The quantitative estimate of drug-likeness (QED) is 0.447. The number of benzene rings is 1. The predicted octanol–water partition coefficient (Wildman–Crippen LogP) is 4.48. The Morgan fingerprint density at radius 1 is 1.16 bits per heavy atom. The molecule has 2 aromatic heterocycles. The average molecular weight is 504 g/mol. The summed E-state index contributed by atoms with van der Waals surface area (Å²) in [5.41, 5.74) is 11.5. The fraction of sp³-hybridized carbons (Fsp3) is 0.500. The second-order valence-corrected chi connectivity index (χ2v) is 11.4. The van der Waals surface area contributed by atoms with Gasteiger partial charge >= 0.3 is 0 Å². The third-order valence-electron chi connectivity index (χ3n) is 7.04. The van der Waals surface area contributed by atoms with Crippen LogP contribution in [0.3, 0.4) is 0 Å². The van der Waals surface area contributed by atoms with Crippen LogP contribution in [0, 0.1) is 11.3 Å². The van der Waals surface area contributed by atoms with Gasteiger partial charge in [-0.05, 0) is 60.1 Å².